The van der Waals surface area contributed by atoms with Crippen LogP contribution in [0.3, 0.4) is 0 Å². The van der Waals surface area contributed by atoms with E-state index in [0.717, 1.165) is 51.3 Å². The van der Waals surface area contributed by atoms with Crippen LogP contribution < -0.4 is 10.5 Å². The van der Waals surface area contributed by atoms with E-state index < -0.39 is 12.7 Å². The molecule has 1 aliphatic carbocycles. The zero-order valence-electron chi connectivity index (χ0n) is 24.0. The van der Waals surface area contributed by atoms with E-state index >= 15 is 0 Å². The number of carbonyl (C=O) groups is 1. The number of aryl methyl sites for hydroxylation is 1. The van der Waals surface area contributed by atoms with E-state index in [9.17, 15) is 9.18 Å². The van der Waals surface area contributed by atoms with Crippen LogP contribution in [0.25, 0.3) is 33.5 Å². The van der Waals surface area contributed by atoms with Gasteiger partial charge in [0.15, 0.2) is 5.82 Å². The van der Waals surface area contributed by atoms with E-state index in [4.69, 9.17) is 15.5 Å². The fourth-order valence-corrected chi connectivity index (χ4v) is 6.12. The molecule has 2 aromatic carbocycles. The van der Waals surface area contributed by atoms with Gasteiger partial charge in [0.1, 0.15) is 19.0 Å². The Morgan fingerprint density at radius 2 is 2.07 bits per heavy atom. The Kier molecular flexibility index (Phi) is 6.73. The van der Waals surface area contributed by atoms with Gasteiger partial charge in [0, 0.05) is 50.0 Å². The van der Waals surface area contributed by atoms with Crippen molar-refractivity contribution in [2.45, 2.75) is 44.8 Å². The van der Waals surface area contributed by atoms with Crippen LogP contribution in [0.4, 0.5) is 4.39 Å². The Labute approximate surface area is 243 Å². The number of nitrogens with two attached hydrogens (primary N) is 1. The standard InChI is InChI=1S/C32H36FN7O2/c1-20(39-11-9-35-19-39)18-42-29-5-3-4-23-13-28(40(30(23)29)16-21-6-7-21)31-36-26-14-25-22(12-27(26)37(31)2)8-10-38(32(25)41)17-24(34)15-33/h3-5,9,11-14,19-21,24H,6-8,10,15-18,34H2,1-2H3/t20-,24+/m0/s1. The maximum Gasteiger partial charge on any atom is 0.254 e. The number of hydrogen-bond acceptors (Lipinski definition) is 5. The van der Waals surface area contributed by atoms with Crippen molar-refractivity contribution in [3.63, 3.8) is 0 Å². The number of aromatic nitrogens is 5. The number of ether oxygens (including phenoxy) is 1. The molecule has 5 aromatic rings. The minimum absolute atomic E-state index is 0.108. The molecule has 0 bridgehead atoms. The summed E-state index contributed by atoms with van der Waals surface area (Å²) in [6.07, 6.45) is 8.70. The van der Waals surface area contributed by atoms with E-state index in [2.05, 4.69) is 39.2 Å². The molecule has 218 valence electrons. The molecule has 1 aliphatic heterocycles. The van der Waals surface area contributed by atoms with Crippen LogP contribution in [0.1, 0.15) is 41.7 Å². The topological polar surface area (TPSA) is 96.1 Å². The number of carbonyl (C=O) groups excluding carboxylic acids is 1. The number of imidazole rings is 2. The lowest BCUT2D eigenvalue weighted by Crippen LogP contribution is -2.45. The summed E-state index contributed by atoms with van der Waals surface area (Å²) in [5.41, 5.74) is 11.3. The van der Waals surface area contributed by atoms with Crippen LogP contribution in [-0.4, -0.2) is 66.9 Å². The van der Waals surface area contributed by atoms with E-state index in [1.807, 2.05) is 42.3 Å². The van der Waals surface area contributed by atoms with Crippen molar-refractivity contribution in [2.75, 3.05) is 26.4 Å². The number of rotatable bonds is 10. The van der Waals surface area contributed by atoms with Gasteiger partial charge in [-0.05, 0) is 61.9 Å². The van der Waals surface area contributed by atoms with Crippen molar-refractivity contribution in [1.82, 2.24) is 28.6 Å². The third-order valence-corrected chi connectivity index (χ3v) is 8.69. The first-order valence-electron chi connectivity index (χ1n) is 14.7. The molecule has 7 rings (SSSR count). The van der Waals surface area contributed by atoms with Crippen LogP contribution in [0.15, 0.2) is 55.1 Å². The highest BCUT2D eigenvalue weighted by Crippen LogP contribution is 2.39. The highest BCUT2D eigenvalue weighted by molar-refractivity contribution is 6.01. The number of nitrogens with zero attached hydrogens (tertiary/aromatic N) is 6. The van der Waals surface area contributed by atoms with Crippen molar-refractivity contribution in [1.29, 1.82) is 0 Å². The quantitative estimate of drug-likeness (QED) is 0.262. The molecule has 4 heterocycles. The molecule has 2 aliphatic rings. The van der Waals surface area contributed by atoms with Crippen molar-refractivity contribution in [2.24, 2.45) is 18.7 Å². The van der Waals surface area contributed by atoms with Crippen molar-refractivity contribution < 1.29 is 13.9 Å². The van der Waals surface area contributed by atoms with Crippen LogP contribution >= 0.6 is 0 Å². The molecule has 10 heteroatoms. The van der Waals surface area contributed by atoms with Gasteiger partial charge in [-0.1, -0.05) is 12.1 Å². The Hall–Kier alpha value is -4.18. The Morgan fingerprint density at radius 3 is 2.83 bits per heavy atom. The molecule has 0 unspecified atom stereocenters. The summed E-state index contributed by atoms with van der Waals surface area (Å²) in [6.45, 7) is 3.65. The van der Waals surface area contributed by atoms with E-state index in [1.165, 1.54) is 12.8 Å². The summed E-state index contributed by atoms with van der Waals surface area (Å²) < 4.78 is 26.0. The summed E-state index contributed by atoms with van der Waals surface area (Å²) in [5.74, 6) is 2.24. The van der Waals surface area contributed by atoms with Crippen molar-refractivity contribution in [3.8, 4) is 17.3 Å². The maximum absolute atomic E-state index is 13.3. The highest BCUT2D eigenvalue weighted by atomic mass is 19.1. The zero-order valence-corrected chi connectivity index (χ0v) is 24.0. The van der Waals surface area contributed by atoms with Crippen LogP contribution in [0.2, 0.25) is 0 Å². The van der Waals surface area contributed by atoms with Gasteiger partial charge in [-0.15, -0.1) is 0 Å². The van der Waals surface area contributed by atoms with Gasteiger partial charge < -0.3 is 29.1 Å². The SMILES string of the molecule is C[C@@H](COc1cccc2cc(-c3nc4cc5c(cc4n3C)CCN(C[C@H](N)CF)C5=O)n(CC3CC3)c12)n1ccnc1. The summed E-state index contributed by atoms with van der Waals surface area (Å²) in [6, 6.07) is 11.9. The number of benzene rings is 2. The Morgan fingerprint density at radius 1 is 1.21 bits per heavy atom. The number of hydrogen-bond donors (Lipinski definition) is 1. The molecular weight excluding hydrogens is 533 g/mol. The lowest BCUT2D eigenvalue weighted by atomic mass is 9.97. The van der Waals surface area contributed by atoms with Gasteiger partial charge >= 0.3 is 0 Å². The van der Waals surface area contributed by atoms with Gasteiger partial charge in [-0.2, -0.15) is 0 Å². The minimum Gasteiger partial charge on any atom is -0.489 e. The number of amides is 1. The van der Waals surface area contributed by atoms with Gasteiger partial charge in [0.05, 0.1) is 40.7 Å². The fraction of sp³-hybridized carbons (Fsp3) is 0.406. The van der Waals surface area contributed by atoms with E-state index in [-0.39, 0.29) is 18.5 Å². The highest BCUT2D eigenvalue weighted by Gasteiger charge is 2.29. The third-order valence-electron chi connectivity index (χ3n) is 8.69. The summed E-state index contributed by atoms with van der Waals surface area (Å²) in [5, 5.41) is 1.11. The molecule has 42 heavy (non-hydrogen) atoms. The second kappa shape index (κ2) is 10.6. The van der Waals surface area contributed by atoms with Crippen LogP contribution in [0.5, 0.6) is 5.75 Å². The lowest BCUT2D eigenvalue weighted by Gasteiger charge is -2.30. The average Bonchev–Trinajstić information content (AvgIpc) is 3.36. The molecule has 1 amide bonds. The van der Waals surface area contributed by atoms with Crippen molar-refractivity contribution in [3.05, 3.63) is 66.2 Å². The number of fused-ring (bicyclic) bond motifs is 3. The first kappa shape index (κ1) is 26.7. The molecule has 1 saturated carbocycles. The normalized spacial score (nSPS) is 16.8. The van der Waals surface area contributed by atoms with Crippen LogP contribution in [0, 0.1) is 5.92 Å². The molecule has 2 atom stereocenters. The Balaban J connectivity index is 1.28. The summed E-state index contributed by atoms with van der Waals surface area (Å²) in [4.78, 5) is 24.2. The second-order valence-corrected chi connectivity index (χ2v) is 11.9. The maximum atomic E-state index is 13.3. The Bertz CT molecular complexity index is 1770. The molecule has 0 spiro atoms. The predicted molar refractivity (Wildman–Crippen MR) is 160 cm³/mol. The largest absolute Gasteiger partial charge is 0.489 e. The lowest BCUT2D eigenvalue weighted by molar-refractivity contribution is 0.0725. The number of para-hydroxylation sites is 1. The molecular formula is C32H36FN7O2. The zero-order chi connectivity index (χ0) is 29.0. The first-order chi connectivity index (χ1) is 20.4. The van der Waals surface area contributed by atoms with Crippen LogP contribution in [-0.2, 0) is 20.0 Å². The van der Waals surface area contributed by atoms with Crippen molar-refractivity contribution >= 4 is 27.8 Å². The molecule has 9 nitrogen and oxygen atoms in total. The van der Waals surface area contributed by atoms with Gasteiger partial charge in [0.25, 0.3) is 5.91 Å². The number of alkyl halides is 1. The fourth-order valence-electron chi connectivity index (χ4n) is 6.12. The smallest absolute Gasteiger partial charge is 0.254 e. The van der Waals surface area contributed by atoms with Gasteiger partial charge in [-0.25, -0.2) is 14.4 Å². The number of halogens is 1. The summed E-state index contributed by atoms with van der Waals surface area (Å²) >= 11 is 0. The predicted octanol–water partition coefficient (Wildman–Crippen LogP) is 4.74. The van der Waals surface area contributed by atoms with E-state index in [1.54, 1.807) is 11.1 Å². The van der Waals surface area contributed by atoms with Gasteiger partial charge in [-0.3, -0.25) is 4.79 Å². The molecule has 2 N–H and O–H groups in total. The second-order valence-electron chi connectivity index (χ2n) is 11.9. The monoisotopic (exact) mass is 569 g/mol. The first-order valence-corrected chi connectivity index (χ1v) is 14.7. The summed E-state index contributed by atoms with van der Waals surface area (Å²) in [7, 11) is 2.04. The average molecular weight is 570 g/mol. The van der Waals surface area contributed by atoms with E-state index in [0.29, 0.717) is 31.1 Å². The molecule has 1 fully saturated rings. The molecule has 3 aromatic heterocycles. The third kappa shape index (κ3) is 4.73. The molecule has 0 radical (unpaired) electrons. The molecule has 0 saturated heterocycles. The van der Waals surface area contributed by atoms with Gasteiger partial charge in [0.2, 0.25) is 0 Å². The minimum atomic E-state index is -0.669.